The maximum absolute atomic E-state index is 12.3. The molecule has 104 valence electrons. The molecule has 1 saturated carbocycles. The average Bonchev–Trinajstić information content (AvgIpc) is 2.87. The SMILES string of the molecule is CC(C(=O)NC1CCCCC1)N1CCCC1CN. The molecule has 4 nitrogen and oxygen atoms in total. The molecule has 1 aliphatic heterocycles. The highest BCUT2D eigenvalue weighted by molar-refractivity contribution is 5.81. The Balaban J connectivity index is 1.83. The molecule has 0 bridgehead atoms. The smallest absolute Gasteiger partial charge is 0.237 e. The lowest BCUT2D eigenvalue weighted by atomic mass is 9.95. The zero-order chi connectivity index (χ0) is 13.0. The number of nitrogens with two attached hydrogens (primary N) is 1. The molecule has 1 aliphatic carbocycles. The molecule has 1 amide bonds. The predicted molar refractivity (Wildman–Crippen MR) is 73.3 cm³/mol. The van der Waals surface area contributed by atoms with Crippen molar-refractivity contribution in [2.75, 3.05) is 13.1 Å². The summed E-state index contributed by atoms with van der Waals surface area (Å²) in [4.78, 5) is 14.5. The number of amides is 1. The van der Waals surface area contributed by atoms with Crippen molar-refractivity contribution in [2.24, 2.45) is 5.73 Å². The second-order valence-corrected chi connectivity index (χ2v) is 5.79. The second kappa shape index (κ2) is 6.53. The zero-order valence-electron chi connectivity index (χ0n) is 11.5. The number of likely N-dealkylation sites (tertiary alicyclic amines) is 1. The third kappa shape index (κ3) is 3.23. The first-order valence-electron chi connectivity index (χ1n) is 7.48. The van der Waals surface area contributed by atoms with Crippen molar-refractivity contribution >= 4 is 5.91 Å². The van der Waals surface area contributed by atoms with Gasteiger partial charge in [0, 0.05) is 18.6 Å². The number of carbonyl (C=O) groups is 1. The summed E-state index contributed by atoms with van der Waals surface area (Å²) < 4.78 is 0. The van der Waals surface area contributed by atoms with Crippen LogP contribution in [-0.4, -0.2) is 42.0 Å². The average molecular weight is 253 g/mol. The van der Waals surface area contributed by atoms with Crippen molar-refractivity contribution in [3.8, 4) is 0 Å². The second-order valence-electron chi connectivity index (χ2n) is 5.79. The lowest BCUT2D eigenvalue weighted by Crippen LogP contribution is -2.51. The third-order valence-electron chi connectivity index (χ3n) is 4.52. The van der Waals surface area contributed by atoms with Gasteiger partial charge in [-0.3, -0.25) is 9.69 Å². The Morgan fingerprint density at radius 1 is 1.28 bits per heavy atom. The zero-order valence-corrected chi connectivity index (χ0v) is 11.5. The fraction of sp³-hybridized carbons (Fsp3) is 0.929. The predicted octanol–water partition coefficient (Wildman–Crippen LogP) is 1.25. The van der Waals surface area contributed by atoms with Crippen molar-refractivity contribution in [1.29, 1.82) is 0 Å². The first-order valence-corrected chi connectivity index (χ1v) is 7.48. The van der Waals surface area contributed by atoms with E-state index in [9.17, 15) is 4.79 Å². The Bertz CT molecular complexity index is 276. The maximum Gasteiger partial charge on any atom is 0.237 e. The highest BCUT2D eigenvalue weighted by atomic mass is 16.2. The summed E-state index contributed by atoms with van der Waals surface area (Å²) in [6.45, 7) is 3.70. The fourth-order valence-electron chi connectivity index (χ4n) is 3.34. The quantitative estimate of drug-likeness (QED) is 0.792. The number of nitrogens with one attached hydrogen (secondary N) is 1. The maximum atomic E-state index is 12.3. The molecule has 18 heavy (non-hydrogen) atoms. The van der Waals surface area contributed by atoms with Gasteiger partial charge in [-0.05, 0) is 39.2 Å². The Morgan fingerprint density at radius 3 is 2.67 bits per heavy atom. The van der Waals surface area contributed by atoms with Gasteiger partial charge in [0.25, 0.3) is 0 Å². The van der Waals surface area contributed by atoms with E-state index in [2.05, 4.69) is 10.2 Å². The Kier molecular flexibility index (Phi) is 5.01. The molecule has 2 fully saturated rings. The molecule has 2 unspecified atom stereocenters. The molecule has 0 aromatic heterocycles. The van der Waals surface area contributed by atoms with Crippen molar-refractivity contribution in [1.82, 2.24) is 10.2 Å². The topological polar surface area (TPSA) is 58.4 Å². The van der Waals surface area contributed by atoms with Crippen LogP contribution in [0.1, 0.15) is 51.9 Å². The molecular formula is C14H27N3O. The normalized spacial score (nSPS) is 28.2. The Morgan fingerprint density at radius 2 is 2.00 bits per heavy atom. The van der Waals surface area contributed by atoms with Gasteiger partial charge in [0.15, 0.2) is 0 Å². The van der Waals surface area contributed by atoms with Crippen LogP contribution in [0.2, 0.25) is 0 Å². The van der Waals surface area contributed by atoms with E-state index in [0.717, 1.165) is 25.8 Å². The highest BCUT2D eigenvalue weighted by Crippen LogP contribution is 2.21. The third-order valence-corrected chi connectivity index (χ3v) is 4.52. The molecule has 0 aromatic rings. The van der Waals surface area contributed by atoms with Gasteiger partial charge in [-0.2, -0.15) is 0 Å². The number of hydrogen-bond donors (Lipinski definition) is 2. The Hall–Kier alpha value is -0.610. The fourth-order valence-corrected chi connectivity index (χ4v) is 3.34. The van der Waals surface area contributed by atoms with E-state index in [1.54, 1.807) is 0 Å². The molecule has 1 heterocycles. The summed E-state index contributed by atoms with van der Waals surface area (Å²) in [5, 5.41) is 3.22. The van der Waals surface area contributed by atoms with Crippen molar-refractivity contribution in [3.63, 3.8) is 0 Å². The van der Waals surface area contributed by atoms with E-state index in [-0.39, 0.29) is 11.9 Å². The first kappa shape index (κ1) is 13.8. The van der Waals surface area contributed by atoms with Crippen LogP contribution in [0.5, 0.6) is 0 Å². The monoisotopic (exact) mass is 253 g/mol. The van der Waals surface area contributed by atoms with Crippen LogP contribution in [0.3, 0.4) is 0 Å². The summed E-state index contributed by atoms with van der Waals surface area (Å²) in [6.07, 6.45) is 8.45. The summed E-state index contributed by atoms with van der Waals surface area (Å²) in [6, 6.07) is 0.785. The van der Waals surface area contributed by atoms with E-state index in [0.29, 0.717) is 18.6 Å². The van der Waals surface area contributed by atoms with Gasteiger partial charge < -0.3 is 11.1 Å². The van der Waals surface area contributed by atoms with E-state index in [1.807, 2.05) is 6.92 Å². The minimum Gasteiger partial charge on any atom is -0.352 e. The Labute approximate surface area is 110 Å². The van der Waals surface area contributed by atoms with E-state index >= 15 is 0 Å². The molecule has 1 saturated heterocycles. The number of carbonyl (C=O) groups excluding carboxylic acids is 1. The lowest BCUT2D eigenvalue weighted by molar-refractivity contribution is -0.127. The minimum atomic E-state index is -0.0250. The molecular weight excluding hydrogens is 226 g/mol. The van der Waals surface area contributed by atoms with Crippen LogP contribution in [0.25, 0.3) is 0 Å². The minimum absolute atomic E-state index is 0.0250. The molecule has 2 aliphatic rings. The van der Waals surface area contributed by atoms with Crippen LogP contribution >= 0.6 is 0 Å². The highest BCUT2D eigenvalue weighted by Gasteiger charge is 2.31. The largest absolute Gasteiger partial charge is 0.352 e. The molecule has 0 spiro atoms. The van der Waals surface area contributed by atoms with Crippen LogP contribution in [-0.2, 0) is 4.79 Å². The van der Waals surface area contributed by atoms with Gasteiger partial charge in [-0.15, -0.1) is 0 Å². The summed E-state index contributed by atoms with van der Waals surface area (Å²) in [7, 11) is 0. The van der Waals surface area contributed by atoms with Crippen molar-refractivity contribution in [2.45, 2.75) is 70.0 Å². The van der Waals surface area contributed by atoms with E-state index in [1.165, 1.54) is 25.7 Å². The van der Waals surface area contributed by atoms with Gasteiger partial charge in [-0.25, -0.2) is 0 Å². The van der Waals surface area contributed by atoms with Gasteiger partial charge in [-0.1, -0.05) is 19.3 Å². The summed E-state index contributed by atoms with van der Waals surface area (Å²) in [5.41, 5.74) is 5.77. The van der Waals surface area contributed by atoms with E-state index in [4.69, 9.17) is 5.73 Å². The van der Waals surface area contributed by atoms with Crippen molar-refractivity contribution in [3.05, 3.63) is 0 Å². The first-order chi connectivity index (χ1) is 8.72. The van der Waals surface area contributed by atoms with Crippen LogP contribution in [0, 0.1) is 0 Å². The number of rotatable bonds is 4. The number of nitrogens with zero attached hydrogens (tertiary/aromatic N) is 1. The van der Waals surface area contributed by atoms with Gasteiger partial charge in [0.2, 0.25) is 5.91 Å². The summed E-state index contributed by atoms with van der Waals surface area (Å²) in [5.74, 6) is 0.197. The van der Waals surface area contributed by atoms with Crippen LogP contribution in [0.4, 0.5) is 0 Å². The molecule has 0 radical (unpaired) electrons. The van der Waals surface area contributed by atoms with Gasteiger partial charge >= 0.3 is 0 Å². The number of hydrogen-bond acceptors (Lipinski definition) is 3. The summed E-state index contributed by atoms with van der Waals surface area (Å²) >= 11 is 0. The molecule has 2 rings (SSSR count). The molecule has 3 N–H and O–H groups in total. The van der Waals surface area contributed by atoms with E-state index < -0.39 is 0 Å². The molecule has 0 aromatic carbocycles. The molecule has 2 atom stereocenters. The van der Waals surface area contributed by atoms with Crippen molar-refractivity contribution < 1.29 is 4.79 Å². The lowest BCUT2D eigenvalue weighted by Gasteiger charge is -2.31. The van der Waals surface area contributed by atoms with Crippen LogP contribution < -0.4 is 11.1 Å². The van der Waals surface area contributed by atoms with Gasteiger partial charge in [0.1, 0.15) is 0 Å². The molecule has 4 heteroatoms. The standard InChI is InChI=1S/C14H27N3O/c1-11(17-9-5-8-13(17)10-15)14(18)16-12-6-3-2-4-7-12/h11-13H,2-10,15H2,1H3,(H,16,18). The van der Waals surface area contributed by atoms with Gasteiger partial charge in [0.05, 0.1) is 6.04 Å². The van der Waals surface area contributed by atoms with Crippen LogP contribution in [0.15, 0.2) is 0 Å².